The van der Waals surface area contributed by atoms with Crippen LogP contribution in [0.3, 0.4) is 0 Å². The summed E-state index contributed by atoms with van der Waals surface area (Å²) in [6.07, 6.45) is 0. The first-order valence-corrected chi connectivity index (χ1v) is 19.0. The number of ether oxygens (including phenoxy) is 8. The van der Waals surface area contributed by atoms with E-state index in [1.54, 1.807) is 52.3 Å². The SMILES string of the molecule is COCCOCCOCCOc1ccc(C2=NC(C)(C(=O)O)CS2)c(O)c1.COCCOCCOCCOc1ccc(C2=N[C@@](C)(C(=O)O)CS2)c(O)c1.O.[H-].[H-].[Mg+2]. The second-order valence-electron chi connectivity index (χ2n) is 12.1. The largest absolute Gasteiger partial charge is 2.00 e. The van der Waals surface area contributed by atoms with E-state index >= 15 is 0 Å². The van der Waals surface area contributed by atoms with Gasteiger partial charge >= 0.3 is 35.0 Å². The van der Waals surface area contributed by atoms with Gasteiger partial charge in [-0.3, -0.25) is 9.98 Å². The maximum Gasteiger partial charge on any atom is 2.00 e. The van der Waals surface area contributed by atoms with Crippen molar-refractivity contribution in [1.82, 2.24) is 0 Å². The molecule has 0 bridgehead atoms. The van der Waals surface area contributed by atoms with Gasteiger partial charge in [0.2, 0.25) is 0 Å². The van der Waals surface area contributed by atoms with Crippen LogP contribution in [0.25, 0.3) is 0 Å². The van der Waals surface area contributed by atoms with E-state index in [0.717, 1.165) is 0 Å². The Bertz CT molecular complexity index is 1470. The molecule has 0 saturated carbocycles. The fourth-order valence-electron chi connectivity index (χ4n) is 4.42. The van der Waals surface area contributed by atoms with Gasteiger partial charge in [-0.1, -0.05) is 0 Å². The van der Waals surface area contributed by atoms with Crippen LogP contribution in [0.4, 0.5) is 0 Å². The van der Waals surface area contributed by atoms with Gasteiger partial charge in [0.15, 0.2) is 11.1 Å². The molecule has 1 unspecified atom stereocenters. The van der Waals surface area contributed by atoms with E-state index in [1.165, 1.54) is 35.7 Å². The predicted octanol–water partition coefficient (Wildman–Crippen LogP) is 2.59. The molecule has 2 atom stereocenters. The summed E-state index contributed by atoms with van der Waals surface area (Å²) < 4.78 is 42.1. The van der Waals surface area contributed by atoms with E-state index < -0.39 is 23.0 Å². The van der Waals surface area contributed by atoms with Gasteiger partial charge in [-0.2, -0.15) is 0 Å². The molecule has 0 saturated heterocycles. The zero-order valence-corrected chi connectivity index (χ0v) is 35.2. The van der Waals surface area contributed by atoms with Gasteiger partial charge in [-0.05, 0) is 38.1 Å². The number of thioether (sulfide) groups is 2. The average molecular weight is 843 g/mol. The van der Waals surface area contributed by atoms with Crippen molar-refractivity contribution >= 4 is 68.6 Å². The number of hydrogen-bond acceptors (Lipinski definition) is 16. The minimum absolute atomic E-state index is 0. The molecule has 20 heteroatoms. The van der Waals surface area contributed by atoms with Gasteiger partial charge in [0.1, 0.15) is 46.3 Å². The maximum atomic E-state index is 11.3. The van der Waals surface area contributed by atoms with Crippen molar-refractivity contribution in [2.75, 3.05) is 105 Å². The number of aromatic hydroxyl groups is 2. The number of phenols is 2. The third-order valence-electron chi connectivity index (χ3n) is 7.60. The second-order valence-corrected chi connectivity index (χ2v) is 14.0. The Morgan fingerprint density at radius 1 is 0.625 bits per heavy atom. The molecule has 0 radical (unpaired) electrons. The molecule has 56 heavy (non-hydrogen) atoms. The number of phenolic OH excluding ortho intramolecular Hbond substituents is 2. The summed E-state index contributed by atoms with van der Waals surface area (Å²) in [5.74, 6) is -0.283. The third-order valence-corrected chi connectivity index (χ3v) is 10.2. The molecule has 0 fully saturated rings. The number of carboxylic acid groups (broad SMARTS) is 2. The Kier molecular flexibility index (Phi) is 24.6. The smallest absolute Gasteiger partial charge is 1.00 e. The Balaban J connectivity index is 0. The molecule has 2 aliphatic rings. The summed E-state index contributed by atoms with van der Waals surface area (Å²) in [6, 6.07) is 9.75. The topological polar surface area (TPSA) is 245 Å². The molecule has 0 amide bonds. The summed E-state index contributed by atoms with van der Waals surface area (Å²) in [5.41, 5.74) is -1.32. The number of aliphatic imine (C=N–C) groups is 2. The fourth-order valence-corrected chi connectivity index (χ4v) is 6.82. The van der Waals surface area contributed by atoms with E-state index in [1.807, 2.05) is 0 Å². The molecule has 6 N–H and O–H groups in total. The van der Waals surface area contributed by atoms with Gasteiger partial charge in [0.05, 0.1) is 66.1 Å². The normalized spacial score (nSPS) is 18.4. The van der Waals surface area contributed by atoms with Crippen LogP contribution in [0.15, 0.2) is 46.4 Å². The van der Waals surface area contributed by atoms with E-state index in [0.29, 0.717) is 124 Å². The average Bonchev–Trinajstić information content (AvgIpc) is 3.75. The van der Waals surface area contributed by atoms with Crippen LogP contribution < -0.4 is 9.47 Å². The number of carboxylic acids is 2. The number of rotatable bonds is 24. The van der Waals surface area contributed by atoms with Gasteiger partial charge < -0.3 is 66.7 Å². The van der Waals surface area contributed by atoms with Crippen molar-refractivity contribution in [3.05, 3.63) is 47.5 Å². The first-order valence-electron chi connectivity index (χ1n) is 17.1. The summed E-state index contributed by atoms with van der Waals surface area (Å²) in [7, 11) is 3.24. The number of aliphatic carboxylic acids is 2. The summed E-state index contributed by atoms with van der Waals surface area (Å²) in [6.45, 7) is 8.72. The monoisotopic (exact) mass is 842 g/mol. The van der Waals surface area contributed by atoms with Crippen LogP contribution >= 0.6 is 23.5 Å². The predicted molar refractivity (Wildman–Crippen MR) is 216 cm³/mol. The van der Waals surface area contributed by atoms with Crippen LogP contribution in [0.2, 0.25) is 0 Å². The van der Waals surface area contributed by atoms with Crippen molar-refractivity contribution < 1.29 is 76.2 Å². The Morgan fingerprint density at radius 3 is 1.23 bits per heavy atom. The molecule has 2 aromatic carbocycles. The van der Waals surface area contributed by atoms with E-state index in [4.69, 9.17) is 37.9 Å². The Morgan fingerprint density at radius 2 is 0.946 bits per heavy atom. The molecule has 2 aliphatic heterocycles. The van der Waals surface area contributed by atoms with Crippen LogP contribution in [0, 0.1) is 0 Å². The zero-order valence-electron chi connectivity index (χ0n) is 34.2. The zero-order chi connectivity index (χ0) is 39.4. The molecule has 2 heterocycles. The molecule has 0 spiro atoms. The molecule has 17 nitrogen and oxygen atoms in total. The molecule has 0 aliphatic carbocycles. The van der Waals surface area contributed by atoms with Crippen molar-refractivity contribution in [2.24, 2.45) is 9.98 Å². The molecular weight excluding hydrogens is 789 g/mol. The van der Waals surface area contributed by atoms with Crippen LogP contribution in [0.1, 0.15) is 27.8 Å². The van der Waals surface area contributed by atoms with Gasteiger partial charge in [0.25, 0.3) is 0 Å². The molecule has 312 valence electrons. The number of nitrogens with zero attached hydrogens (tertiary/aromatic N) is 2. The van der Waals surface area contributed by atoms with Crippen molar-refractivity contribution in [3.63, 3.8) is 0 Å². The van der Waals surface area contributed by atoms with Gasteiger partial charge in [-0.25, -0.2) is 9.59 Å². The first kappa shape index (κ1) is 51.1. The Labute approximate surface area is 353 Å². The molecular formula is C36H54MgN2O15S2. The van der Waals surface area contributed by atoms with Crippen molar-refractivity contribution in [1.29, 1.82) is 0 Å². The van der Waals surface area contributed by atoms with Crippen molar-refractivity contribution in [3.8, 4) is 23.0 Å². The second kappa shape index (κ2) is 26.9. The summed E-state index contributed by atoms with van der Waals surface area (Å²) >= 11 is 2.63. The maximum absolute atomic E-state index is 11.3. The van der Waals surface area contributed by atoms with E-state index in [-0.39, 0.29) is 42.9 Å². The van der Waals surface area contributed by atoms with Crippen LogP contribution in [-0.4, -0.2) is 187 Å². The van der Waals surface area contributed by atoms with Crippen LogP contribution in [-0.2, 0) is 38.0 Å². The number of carbonyl (C=O) groups is 2. The van der Waals surface area contributed by atoms with Gasteiger partial charge in [-0.15, -0.1) is 23.5 Å². The first-order chi connectivity index (χ1) is 25.9. The minimum Gasteiger partial charge on any atom is -1.00 e. The quantitative estimate of drug-likeness (QED) is 0.0877. The van der Waals surface area contributed by atoms with Crippen LogP contribution in [0.5, 0.6) is 23.0 Å². The number of methoxy groups -OCH3 is 2. The standard InChI is InChI=1S/2C18H25NO7S.Mg.H2O.2H/c2*1-18(17(21)22)12-27-16(19-18)14-4-3-13(11-15(14)20)26-10-9-25-8-7-24-6-5-23-2;;;;/h2*3-4,11,20H,5-10,12H2,1-2H3,(H,21,22);;1H2;;/q;;+2;;2*-1/t18-;;;;;/m1...../s1. The van der Waals surface area contributed by atoms with Gasteiger partial charge in [0, 0.05) is 49.0 Å². The third kappa shape index (κ3) is 16.9. The fraction of sp³-hybridized carbons (Fsp3) is 0.556. The number of benzene rings is 2. The molecule has 4 rings (SSSR count). The summed E-state index contributed by atoms with van der Waals surface area (Å²) in [4.78, 5) is 31.0. The van der Waals surface area contributed by atoms with Crippen molar-refractivity contribution in [2.45, 2.75) is 24.9 Å². The molecule has 0 aromatic heterocycles. The number of hydrogen-bond donors (Lipinski definition) is 4. The summed E-state index contributed by atoms with van der Waals surface area (Å²) in [5, 5.41) is 39.9. The minimum atomic E-state index is -1.16. The molecule has 2 aromatic rings. The Hall–Kier alpha value is -2.89. The van der Waals surface area contributed by atoms with E-state index in [2.05, 4.69) is 9.98 Å². The van der Waals surface area contributed by atoms with E-state index in [9.17, 15) is 30.0 Å².